The summed E-state index contributed by atoms with van der Waals surface area (Å²) in [5.74, 6) is 2.15. The molecule has 138 valence electrons. The molecule has 0 fully saturated rings. The first-order chi connectivity index (χ1) is 13.0. The Hall–Kier alpha value is -3.61. The van der Waals surface area contributed by atoms with Gasteiger partial charge in [0.05, 0.1) is 37.1 Å². The van der Waals surface area contributed by atoms with Crippen molar-refractivity contribution in [2.24, 2.45) is 0 Å². The van der Waals surface area contributed by atoms with E-state index in [2.05, 4.69) is 9.97 Å². The summed E-state index contributed by atoms with van der Waals surface area (Å²) in [6.07, 6.45) is 1.55. The zero-order valence-corrected chi connectivity index (χ0v) is 15.3. The maximum atomic E-state index is 10.5. The van der Waals surface area contributed by atoms with Crippen molar-refractivity contribution in [3.63, 3.8) is 0 Å². The molecule has 4 aromatic rings. The van der Waals surface area contributed by atoms with E-state index in [-0.39, 0.29) is 5.75 Å². The van der Waals surface area contributed by atoms with Crippen LogP contribution in [0.5, 0.6) is 17.2 Å². The normalized spacial score (nSPS) is 11.1. The number of fused-ring (bicyclic) bond motifs is 1. The number of nitrogens with two attached hydrogens (primary N) is 1. The van der Waals surface area contributed by atoms with E-state index in [1.54, 1.807) is 31.0 Å². The number of nitrogens with one attached hydrogen (secondary N) is 1. The number of aromatic hydroxyl groups is 1. The van der Waals surface area contributed by atoms with Gasteiger partial charge in [-0.25, -0.2) is 4.98 Å². The highest BCUT2D eigenvalue weighted by atomic mass is 16.5. The van der Waals surface area contributed by atoms with Gasteiger partial charge in [-0.2, -0.15) is 0 Å². The fraction of sp³-hybridized carbons (Fsp3) is 0.150. The molecule has 0 atom stereocenters. The van der Waals surface area contributed by atoms with Crippen LogP contribution in [-0.4, -0.2) is 33.9 Å². The highest BCUT2D eigenvalue weighted by Crippen LogP contribution is 2.38. The molecule has 7 heteroatoms. The van der Waals surface area contributed by atoms with Crippen molar-refractivity contribution in [3.8, 4) is 34.3 Å². The van der Waals surface area contributed by atoms with E-state index in [0.717, 1.165) is 16.6 Å². The number of methoxy groups -OCH3 is 2. The van der Waals surface area contributed by atoms with Crippen LogP contribution in [0.2, 0.25) is 0 Å². The van der Waals surface area contributed by atoms with Gasteiger partial charge in [0, 0.05) is 18.2 Å². The summed E-state index contributed by atoms with van der Waals surface area (Å²) in [6.45, 7) is 2.01. The number of hydrogen-bond donors (Lipinski definition) is 3. The minimum Gasteiger partial charge on any atom is -0.505 e. The third-order valence-corrected chi connectivity index (χ3v) is 4.51. The van der Waals surface area contributed by atoms with Crippen LogP contribution in [0, 0.1) is 6.92 Å². The third kappa shape index (κ3) is 2.83. The Balaban J connectivity index is 1.86. The van der Waals surface area contributed by atoms with E-state index >= 15 is 0 Å². The predicted molar refractivity (Wildman–Crippen MR) is 105 cm³/mol. The fourth-order valence-corrected chi connectivity index (χ4v) is 3.14. The fourth-order valence-electron chi connectivity index (χ4n) is 3.14. The molecule has 0 radical (unpaired) electrons. The monoisotopic (exact) mass is 364 g/mol. The Kier molecular flexibility index (Phi) is 3.92. The predicted octanol–water partition coefficient (Wildman–Crippen LogP) is 3.63. The van der Waals surface area contributed by atoms with Crippen molar-refractivity contribution in [2.45, 2.75) is 6.92 Å². The molecular formula is C20H20N4O3. The molecule has 2 heterocycles. The van der Waals surface area contributed by atoms with E-state index in [9.17, 15) is 5.11 Å². The molecule has 7 nitrogen and oxygen atoms in total. The lowest BCUT2D eigenvalue weighted by Gasteiger charge is -2.11. The standard InChI is InChI=1S/C20H20N4O3/c1-11-4-5-15-16(6-11)23-20(22-15)18-17(25)10-24(19(18)21)12-7-13(26-2)9-14(8-12)27-3/h4-10,25H,21H2,1-3H3,(H,22,23). The lowest BCUT2D eigenvalue weighted by molar-refractivity contribution is 0.394. The first-order valence-electron chi connectivity index (χ1n) is 8.40. The molecule has 0 saturated heterocycles. The van der Waals surface area contributed by atoms with Gasteiger partial charge < -0.3 is 25.3 Å². The first-order valence-corrected chi connectivity index (χ1v) is 8.40. The van der Waals surface area contributed by atoms with Crippen LogP contribution in [0.1, 0.15) is 5.56 Å². The number of aryl methyl sites for hydroxylation is 1. The quantitative estimate of drug-likeness (QED) is 0.514. The van der Waals surface area contributed by atoms with Gasteiger partial charge in [-0.1, -0.05) is 6.07 Å². The Bertz CT molecular complexity index is 1120. The van der Waals surface area contributed by atoms with Crippen LogP contribution in [0.4, 0.5) is 5.82 Å². The summed E-state index contributed by atoms with van der Waals surface area (Å²) in [7, 11) is 3.16. The number of aromatic amines is 1. The lowest BCUT2D eigenvalue weighted by atomic mass is 10.2. The minimum absolute atomic E-state index is 0.0325. The average molecular weight is 364 g/mol. The summed E-state index contributed by atoms with van der Waals surface area (Å²) < 4.78 is 12.3. The maximum absolute atomic E-state index is 10.5. The number of nitrogens with zero attached hydrogens (tertiary/aromatic N) is 2. The van der Waals surface area contributed by atoms with Gasteiger partial charge in [-0.05, 0) is 24.6 Å². The first kappa shape index (κ1) is 16.8. The molecule has 0 bridgehead atoms. The molecule has 0 spiro atoms. The molecule has 0 unspecified atom stereocenters. The molecule has 0 amide bonds. The Morgan fingerprint density at radius 2 is 1.78 bits per heavy atom. The van der Waals surface area contributed by atoms with E-state index < -0.39 is 0 Å². The van der Waals surface area contributed by atoms with Crippen LogP contribution in [0.3, 0.4) is 0 Å². The van der Waals surface area contributed by atoms with Crippen molar-refractivity contribution in [2.75, 3.05) is 20.0 Å². The van der Waals surface area contributed by atoms with Crippen LogP contribution < -0.4 is 15.2 Å². The average Bonchev–Trinajstić information content (AvgIpc) is 3.20. The van der Waals surface area contributed by atoms with Gasteiger partial charge in [0.2, 0.25) is 0 Å². The summed E-state index contributed by atoms with van der Waals surface area (Å²) in [5.41, 5.74) is 10.3. The molecular weight excluding hydrogens is 344 g/mol. The Labute approximate surface area is 156 Å². The molecule has 0 saturated carbocycles. The number of aromatic nitrogens is 3. The SMILES string of the molecule is COc1cc(OC)cc(-n2cc(O)c(-c3nc4ccc(C)cc4[nH]3)c2N)c1. The number of hydrogen-bond acceptors (Lipinski definition) is 5. The molecule has 4 N–H and O–H groups in total. The molecule has 2 aromatic carbocycles. The van der Waals surface area contributed by atoms with E-state index in [0.29, 0.717) is 34.4 Å². The molecule has 4 rings (SSSR count). The number of benzene rings is 2. The maximum Gasteiger partial charge on any atom is 0.146 e. The van der Waals surface area contributed by atoms with Gasteiger partial charge >= 0.3 is 0 Å². The van der Waals surface area contributed by atoms with Crippen LogP contribution in [0.25, 0.3) is 28.1 Å². The highest BCUT2D eigenvalue weighted by molar-refractivity contribution is 5.85. The number of anilines is 1. The number of ether oxygens (including phenoxy) is 2. The topological polar surface area (TPSA) is 98.3 Å². The van der Waals surface area contributed by atoms with Crippen LogP contribution in [0.15, 0.2) is 42.6 Å². The molecule has 0 aliphatic heterocycles. The zero-order chi connectivity index (χ0) is 19.1. The minimum atomic E-state index is 0.0325. The molecule has 2 aromatic heterocycles. The van der Waals surface area contributed by atoms with Gasteiger partial charge in [0.15, 0.2) is 0 Å². The van der Waals surface area contributed by atoms with Crippen molar-refractivity contribution >= 4 is 16.9 Å². The second-order valence-corrected chi connectivity index (χ2v) is 6.32. The lowest BCUT2D eigenvalue weighted by Crippen LogP contribution is -2.01. The van der Waals surface area contributed by atoms with E-state index in [4.69, 9.17) is 15.2 Å². The number of nitrogen functional groups attached to an aromatic ring is 1. The van der Waals surface area contributed by atoms with Crippen LogP contribution in [-0.2, 0) is 0 Å². The summed E-state index contributed by atoms with van der Waals surface area (Å²) in [6, 6.07) is 11.3. The largest absolute Gasteiger partial charge is 0.505 e. The third-order valence-electron chi connectivity index (χ3n) is 4.51. The highest BCUT2D eigenvalue weighted by Gasteiger charge is 2.20. The van der Waals surface area contributed by atoms with Crippen molar-refractivity contribution in [3.05, 3.63) is 48.2 Å². The van der Waals surface area contributed by atoms with E-state index in [1.165, 1.54) is 0 Å². The molecule has 0 aliphatic rings. The second-order valence-electron chi connectivity index (χ2n) is 6.32. The molecule has 27 heavy (non-hydrogen) atoms. The van der Waals surface area contributed by atoms with Gasteiger partial charge in [0.25, 0.3) is 0 Å². The van der Waals surface area contributed by atoms with Gasteiger partial charge in [-0.3, -0.25) is 4.57 Å². The van der Waals surface area contributed by atoms with Crippen molar-refractivity contribution < 1.29 is 14.6 Å². The summed E-state index contributed by atoms with van der Waals surface area (Å²) >= 11 is 0. The van der Waals surface area contributed by atoms with Crippen molar-refractivity contribution in [1.82, 2.24) is 14.5 Å². The number of H-pyrrole nitrogens is 1. The number of rotatable bonds is 4. The summed E-state index contributed by atoms with van der Waals surface area (Å²) in [4.78, 5) is 7.79. The Morgan fingerprint density at radius 3 is 2.44 bits per heavy atom. The van der Waals surface area contributed by atoms with Gasteiger partial charge in [0.1, 0.15) is 34.5 Å². The van der Waals surface area contributed by atoms with Gasteiger partial charge in [-0.15, -0.1) is 0 Å². The zero-order valence-electron chi connectivity index (χ0n) is 15.3. The number of imidazole rings is 1. The second kappa shape index (κ2) is 6.28. The van der Waals surface area contributed by atoms with Crippen LogP contribution >= 0.6 is 0 Å². The Morgan fingerprint density at radius 1 is 1.07 bits per heavy atom. The van der Waals surface area contributed by atoms with E-state index in [1.807, 2.05) is 37.3 Å². The smallest absolute Gasteiger partial charge is 0.146 e. The van der Waals surface area contributed by atoms with Crippen molar-refractivity contribution in [1.29, 1.82) is 0 Å². The summed E-state index contributed by atoms with van der Waals surface area (Å²) in [5, 5.41) is 10.5. The molecule has 0 aliphatic carbocycles.